The molecule has 0 saturated carbocycles. The summed E-state index contributed by atoms with van der Waals surface area (Å²) in [5, 5.41) is 10.5. The van der Waals surface area contributed by atoms with E-state index in [0.717, 1.165) is 23.4 Å². The molecule has 34 heavy (non-hydrogen) atoms. The molecule has 1 heterocycles. The number of hydrogen-bond donors (Lipinski definition) is 2. The van der Waals surface area contributed by atoms with E-state index in [1.54, 1.807) is 36.4 Å². The van der Waals surface area contributed by atoms with Crippen molar-refractivity contribution in [3.8, 4) is 0 Å². The number of sulfonamides is 1. The van der Waals surface area contributed by atoms with E-state index in [-0.39, 0.29) is 20.4 Å². The van der Waals surface area contributed by atoms with Crippen molar-refractivity contribution >= 4 is 50.7 Å². The van der Waals surface area contributed by atoms with Crippen LogP contribution in [0.15, 0.2) is 74.6 Å². The Kier molecular flexibility index (Phi) is 7.57. The van der Waals surface area contributed by atoms with E-state index in [4.69, 9.17) is 0 Å². The Bertz CT molecular complexity index is 1290. The smallest absolute Gasteiger partial charge is 0.331 e. The van der Waals surface area contributed by atoms with Crippen molar-refractivity contribution in [2.45, 2.75) is 31.1 Å². The number of rotatable bonds is 6. The van der Waals surface area contributed by atoms with Gasteiger partial charge in [-0.05, 0) is 52.6 Å². The van der Waals surface area contributed by atoms with Gasteiger partial charge in [0.05, 0.1) is 23.1 Å². The summed E-state index contributed by atoms with van der Waals surface area (Å²) in [6.45, 7) is 6.18. The predicted molar refractivity (Wildman–Crippen MR) is 133 cm³/mol. The molecule has 0 aliphatic carbocycles. The highest BCUT2D eigenvalue weighted by Gasteiger charge is 2.25. The number of hydrogen-bond acceptors (Lipinski definition) is 8. The minimum Gasteiger partial charge on any atom is -0.466 e. The first-order valence-corrected chi connectivity index (χ1v) is 12.4. The van der Waals surface area contributed by atoms with Crippen molar-refractivity contribution in [3.05, 3.63) is 70.6 Å². The van der Waals surface area contributed by atoms with Gasteiger partial charge in [-0.15, -0.1) is 5.10 Å². The Labute approximate surface area is 202 Å². The predicted octanol–water partition coefficient (Wildman–Crippen LogP) is 3.39. The molecule has 2 aromatic carbocycles. The van der Waals surface area contributed by atoms with Gasteiger partial charge in [-0.3, -0.25) is 14.8 Å². The summed E-state index contributed by atoms with van der Waals surface area (Å²) in [5.74, 6) is -1.12. The van der Waals surface area contributed by atoms with Crippen LogP contribution in [0.5, 0.6) is 0 Å². The third-order valence-electron chi connectivity index (χ3n) is 4.63. The lowest BCUT2D eigenvalue weighted by Gasteiger charge is -2.19. The second-order valence-corrected chi connectivity index (χ2v) is 11.0. The van der Waals surface area contributed by atoms with Crippen LogP contribution in [-0.4, -0.2) is 38.8 Å². The highest BCUT2D eigenvalue weighted by Crippen LogP contribution is 2.25. The number of anilines is 1. The van der Waals surface area contributed by atoms with E-state index in [1.807, 2.05) is 12.1 Å². The molecule has 11 heteroatoms. The quantitative estimate of drug-likeness (QED) is 0.271. The molecular weight excluding hydrogens is 476 g/mol. The molecule has 178 valence electrons. The van der Waals surface area contributed by atoms with Crippen LogP contribution in [0.25, 0.3) is 0 Å². The van der Waals surface area contributed by atoms with E-state index in [0.29, 0.717) is 11.3 Å². The first kappa shape index (κ1) is 25.2. The van der Waals surface area contributed by atoms with Gasteiger partial charge in [-0.25, -0.2) is 13.2 Å². The first-order chi connectivity index (χ1) is 16.0. The molecule has 2 aromatic rings. The second kappa shape index (κ2) is 10.2. The average molecular weight is 501 g/mol. The lowest BCUT2D eigenvalue weighted by atomic mass is 9.87. The SMILES string of the molecule is COC(=O)/C=C1/S/C(=N\N=Cc2cccc(NS(=O)(=O)c3ccc(C(C)(C)C)cc3)c2)NC1=O. The number of esters is 1. The Hall–Kier alpha value is -3.44. The summed E-state index contributed by atoms with van der Waals surface area (Å²) in [6.07, 6.45) is 2.48. The molecular formula is C23H24N4O5S2. The van der Waals surface area contributed by atoms with Gasteiger partial charge >= 0.3 is 5.97 Å². The van der Waals surface area contributed by atoms with E-state index in [2.05, 4.69) is 45.7 Å². The fourth-order valence-corrected chi connectivity index (χ4v) is 4.61. The van der Waals surface area contributed by atoms with Gasteiger partial charge in [-0.1, -0.05) is 45.0 Å². The monoisotopic (exact) mass is 500 g/mol. The molecule has 3 rings (SSSR count). The minimum absolute atomic E-state index is 0.0776. The van der Waals surface area contributed by atoms with E-state index in [1.165, 1.54) is 13.3 Å². The van der Waals surface area contributed by atoms with Crippen molar-refractivity contribution in [1.82, 2.24) is 5.32 Å². The number of amides is 1. The maximum Gasteiger partial charge on any atom is 0.331 e. The summed E-state index contributed by atoms with van der Waals surface area (Å²) < 4.78 is 32.6. The number of methoxy groups -OCH3 is 1. The average Bonchev–Trinajstić information content (AvgIpc) is 3.12. The summed E-state index contributed by atoms with van der Waals surface area (Å²) in [5.41, 5.74) is 1.91. The van der Waals surface area contributed by atoms with Crippen LogP contribution in [0.3, 0.4) is 0 Å². The van der Waals surface area contributed by atoms with Gasteiger partial charge in [0.2, 0.25) is 0 Å². The molecule has 1 amide bonds. The van der Waals surface area contributed by atoms with Gasteiger partial charge in [0.1, 0.15) is 0 Å². The lowest BCUT2D eigenvalue weighted by Crippen LogP contribution is -2.19. The first-order valence-electron chi connectivity index (χ1n) is 10.1. The molecule has 1 fully saturated rings. The van der Waals surface area contributed by atoms with Crippen LogP contribution in [0.4, 0.5) is 5.69 Å². The Balaban J connectivity index is 1.70. The van der Waals surface area contributed by atoms with Crippen LogP contribution < -0.4 is 10.0 Å². The van der Waals surface area contributed by atoms with E-state index >= 15 is 0 Å². The van der Waals surface area contributed by atoms with Gasteiger partial charge in [0.15, 0.2) is 5.17 Å². The Morgan fingerprint density at radius 2 is 1.85 bits per heavy atom. The number of amidine groups is 1. The Morgan fingerprint density at radius 3 is 2.50 bits per heavy atom. The molecule has 1 aliphatic rings. The molecule has 2 N–H and O–H groups in total. The van der Waals surface area contributed by atoms with Crippen LogP contribution in [-0.2, 0) is 29.8 Å². The van der Waals surface area contributed by atoms with Crippen LogP contribution in [0.1, 0.15) is 31.9 Å². The molecule has 0 spiro atoms. The van der Waals surface area contributed by atoms with Gasteiger partial charge in [0, 0.05) is 11.8 Å². The molecule has 0 bridgehead atoms. The third kappa shape index (κ3) is 6.55. The zero-order valence-corrected chi connectivity index (χ0v) is 20.7. The molecule has 0 atom stereocenters. The van der Waals surface area contributed by atoms with E-state index in [9.17, 15) is 18.0 Å². The van der Waals surface area contributed by atoms with Gasteiger partial charge in [-0.2, -0.15) is 5.10 Å². The largest absolute Gasteiger partial charge is 0.466 e. The number of thioether (sulfide) groups is 1. The third-order valence-corrected chi connectivity index (χ3v) is 6.92. The van der Waals surface area contributed by atoms with Crippen molar-refractivity contribution in [1.29, 1.82) is 0 Å². The summed E-state index contributed by atoms with van der Waals surface area (Å²) in [6, 6.07) is 13.4. The molecule has 0 unspecified atom stereocenters. The fourth-order valence-electron chi connectivity index (χ4n) is 2.82. The number of benzene rings is 2. The zero-order chi connectivity index (χ0) is 24.9. The van der Waals surface area contributed by atoms with Crippen molar-refractivity contribution in [2.24, 2.45) is 10.2 Å². The van der Waals surface area contributed by atoms with Crippen LogP contribution in [0.2, 0.25) is 0 Å². The molecule has 1 aliphatic heterocycles. The molecule has 0 aromatic heterocycles. The molecule has 0 radical (unpaired) electrons. The van der Waals surface area contributed by atoms with Crippen molar-refractivity contribution in [3.63, 3.8) is 0 Å². The maximum absolute atomic E-state index is 12.8. The molecule has 1 saturated heterocycles. The highest BCUT2D eigenvalue weighted by molar-refractivity contribution is 8.18. The zero-order valence-electron chi connectivity index (χ0n) is 19.0. The Morgan fingerprint density at radius 1 is 1.15 bits per heavy atom. The highest BCUT2D eigenvalue weighted by atomic mass is 32.2. The summed E-state index contributed by atoms with van der Waals surface area (Å²) >= 11 is 0.953. The number of nitrogens with one attached hydrogen (secondary N) is 2. The van der Waals surface area contributed by atoms with Gasteiger partial charge < -0.3 is 4.74 Å². The summed E-state index contributed by atoms with van der Waals surface area (Å²) in [4.78, 5) is 23.4. The lowest BCUT2D eigenvalue weighted by molar-refractivity contribution is -0.135. The standard InChI is InChI=1S/C23H24N4O5S2/c1-23(2,3)16-8-10-18(11-9-16)34(30,31)27-17-7-5-6-15(12-17)14-24-26-22-25-21(29)19(33-22)13-20(28)32-4/h5-14,27H,1-4H3,(H,25,26,29)/b19-13+,24-14?. The second-order valence-electron chi connectivity index (χ2n) is 8.24. The summed E-state index contributed by atoms with van der Waals surface area (Å²) in [7, 11) is -2.55. The number of ether oxygens (including phenoxy) is 1. The topological polar surface area (TPSA) is 126 Å². The molecule has 9 nitrogen and oxygen atoms in total. The number of carbonyl (C=O) groups is 2. The van der Waals surface area contributed by atoms with Crippen LogP contribution >= 0.6 is 11.8 Å². The van der Waals surface area contributed by atoms with E-state index < -0.39 is 21.9 Å². The van der Waals surface area contributed by atoms with Crippen molar-refractivity contribution < 1.29 is 22.7 Å². The fraction of sp³-hybridized carbons (Fsp3) is 0.217. The van der Waals surface area contributed by atoms with Crippen LogP contribution in [0, 0.1) is 0 Å². The number of nitrogens with zero attached hydrogens (tertiary/aromatic N) is 2. The van der Waals surface area contributed by atoms with Gasteiger partial charge in [0.25, 0.3) is 15.9 Å². The normalized spacial score (nSPS) is 16.8. The minimum atomic E-state index is -3.77. The number of carbonyl (C=O) groups excluding carboxylic acids is 2. The maximum atomic E-state index is 12.8. The van der Waals surface area contributed by atoms with Crippen molar-refractivity contribution in [2.75, 3.05) is 11.8 Å².